The van der Waals surface area contributed by atoms with E-state index in [1.54, 1.807) is 23.1 Å². The van der Waals surface area contributed by atoms with Gasteiger partial charge in [-0.15, -0.1) is 0 Å². The maximum Gasteiger partial charge on any atom is 0.254 e. The summed E-state index contributed by atoms with van der Waals surface area (Å²) >= 11 is 0. The van der Waals surface area contributed by atoms with E-state index in [2.05, 4.69) is 15.4 Å². The number of nitrogens with zero attached hydrogens (tertiary/aromatic N) is 3. The molecule has 6 nitrogen and oxygen atoms in total. The number of rotatable bonds is 2. The molecule has 1 atom stereocenters. The largest absolute Gasteiger partial charge is 0.383 e. The number of likely N-dealkylation sites (tertiary alicyclic amines) is 1. The van der Waals surface area contributed by atoms with Gasteiger partial charge in [0.1, 0.15) is 16.6 Å². The molecule has 1 saturated heterocycles. The molecule has 122 valence electrons. The van der Waals surface area contributed by atoms with Gasteiger partial charge < -0.3 is 10.0 Å². The number of aromatic amines is 1. The highest BCUT2D eigenvalue weighted by atomic mass is 16.3. The summed E-state index contributed by atoms with van der Waals surface area (Å²) in [6, 6.07) is 13.0. The Balaban J connectivity index is 1.60. The number of hydrogen-bond donors (Lipinski definition) is 2. The van der Waals surface area contributed by atoms with Gasteiger partial charge in [0.2, 0.25) is 0 Å². The van der Waals surface area contributed by atoms with E-state index in [9.17, 15) is 9.90 Å². The van der Waals surface area contributed by atoms with Crippen molar-refractivity contribution in [3.8, 4) is 0 Å². The van der Waals surface area contributed by atoms with Crippen LogP contribution in [0.25, 0.3) is 11.0 Å². The molecular formula is C18H18N4O2. The lowest BCUT2D eigenvalue weighted by atomic mass is 9.89. The zero-order valence-electron chi connectivity index (χ0n) is 13.4. The quantitative estimate of drug-likeness (QED) is 0.756. The second-order valence-electron chi connectivity index (χ2n) is 6.35. The third kappa shape index (κ3) is 2.35. The zero-order chi connectivity index (χ0) is 16.7. The highest BCUT2D eigenvalue weighted by Gasteiger charge is 2.40. The Morgan fingerprint density at radius 1 is 1.21 bits per heavy atom. The predicted molar refractivity (Wildman–Crippen MR) is 89.5 cm³/mol. The van der Waals surface area contributed by atoms with Gasteiger partial charge in [-0.2, -0.15) is 15.4 Å². The Morgan fingerprint density at radius 2 is 2.00 bits per heavy atom. The number of hydrogen-bond acceptors (Lipinski definition) is 4. The zero-order valence-corrected chi connectivity index (χ0v) is 13.4. The number of aromatic nitrogens is 3. The average Bonchev–Trinajstić information content (AvgIpc) is 3.21. The van der Waals surface area contributed by atoms with Gasteiger partial charge >= 0.3 is 0 Å². The molecule has 1 amide bonds. The van der Waals surface area contributed by atoms with Crippen LogP contribution in [0.4, 0.5) is 0 Å². The van der Waals surface area contributed by atoms with Crippen LogP contribution in [0.3, 0.4) is 0 Å². The number of β-amino-alcohol motifs (C(OH)–C–C–N with tert-alkyl or cyclic N) is 1. The van der Waals surface area contributed by atoms with Gasteiger partial charge in [0.05, 0.1) is 6.54 Å². The van der Waals surface area contributed by atoms with E-state index in [0.717, 1.165) is 16.6 Å². The minimum Gasteiger partial charge on any atom is -0.383 e. The molecule has 0 bridgehead atoms. The first-order valence-electron chi connectivity index (χ1n) is 7.95. The molecule has 0 radical (unpaired) electrons. The van der Waals surface area contributed by atoms with Crippen molar-refractivity contribution in [1.29, 1.82) is 0 Å². The lowest BCUT2D eigenvalue weighted by molar-refractivity contribution is 0.0412. The molecule has 0 unspecified atom stereocenters. The molecule has 0 aliphatic carbocycles. The normalized spacial score (nSPS) is 20.7. The summed E-state index contributed by atoms with van der Waals surface area (Å²) in [6.07, 6.45) is 0.537. The van der Waals surface area contributed by atoms with Crippen LogP contribution < -0.4 is 0 Å². The van der Waals surface area contributed by atoms with Gasteiger partial charge in [0, 0.05) is 12.1 Å². The highest BCUT2D eigenvalue weighted by molar-refractivity contribution is 5.97. The second-order valence-corrected chi connectivity index (χ2v) is 6.35. The molecule has 1 aromatic heterocycles. The lowest BCUT2D eigenvalue weighted by Crippen LogP contribution is -2.34. The number of aryl methyl sites for hydroxylation is 1. The number of carbonyl (C=O) groups excluding carboxylic acids is 1. The first-order chi connectivity index (χ1) is 11.6. The van der Waals surface area contributed by atoms with Crippen molar-refractivity contribution in [2.24, 2.45) is 0 Å². The lowest BCUT2D eigenvalue weighted by Gasteiger charge is -2.25. The van der Waals surface area contributed by atoms with Crippen molar-refractivity contribution in [2.75, 3.05) is 13.1 Å². The van der Waals surface area contributed by atoms with Crippen LogP contribution in [0, 0.1) is 6.92 Å². The Labute approximate surface area is 139 Å². The first-order valence-corrected chi connectivity index (χ1v) is 7.95. The maximum atomic E-state index is 12.8. The summed E-state index contributed by atoms with van der Waals surface area (Å²) in [7, 11) is 0. The van der Waals surface area contributed by atoms with E-state index in [-0.39, 0.29) is 5.91 Å². The summed E-state index contributed by atoms with van der Waals surface area (Å²) < 4.78 is 0. The second kappa shape index (κ2) is 5.42. The van der Waals surface area contributed by atoms with E-state index in [1.807, 2.05) is 31.2 Å². The number of nitrogens with one attached hydrogen (secondary N) is 1. The van der Waals surface area contributed by atoms with Crippen LogP contribution in [0.15, 0.2) is 42.5 Å². The Bertz CT molecular complexity index is 920. The van der Waals surface area contributed by atoms with Gasteiger partial charge in [-0.1, -0.05) is 24.3 Å². The van der Waals surface area contributed by atoms with E-state index >= 15 is 0 Å². The molecule has 6 heteroatoms. The Morgan fingerprint density at radius 3 is 2.83 bits per heavy atom. The summed E-state index contributed by atoms with van der Waals surface area (Å²) in [5.74, 6) is -0.0931. The van der Waals surface area contributed by atoms with Crippen molar-refractivity contribution in [3.05, 3.63) is 59.2 Å². The van der Waals surface area contributed by atoms with Crippen molar-refractivity contribution >= 4 is 16.9 Å². The fourth-order valence-electron chi connectivity index (χ4n) is 3.44. The average molecular weight is 322 g/mol. The molecule has 1 aliphatic heterocycles. The fraction of sp³-hybridized carbons (Fsp3) is 0.278. The van der Waals surface area contributed by atoms with Gasteiger partial charge in [-0.3, -0.25) is 4.79 Å². The number of carbonyl (C=O) groups is 1. The SMILES string of the molecule is Cc1ccccc1[C@]1(O)CCN(C(=O)c2ccc3n[nH]nc3c2)C1. The van der Waals surface area contributed by atoms with Crippen LogP contribution in [-0.4, -0.2) is 44.4 Å². The number of benzene rings is 2. The highest BCUT2D eigenvalue weighted by Crippen LogP contribution is 2.34. The van der Waals surface area contributed by atoms with Crippen molar-refractivity contribution < 1.29 is 9.90 Å². The van der Waals surface area contributed by atoms with E-state index in [4.69, 9.17) is 0 Å². The number of H-pyrrole nitrogens is 1. The molecular weight excluding hydrogens is 304 g/mol. The number of fused-ring (bicyclic) bond motifs is 1. The molecule has 1 aliphatic rings. The van der Waals surface area contributed by atoms with Gasteiger partial charge in [-0.25, -0.2) is 0 Å². The summed E-state index contributed by atoms with van der Waals surface area (Å²) in [5, 5.41) is 21.6. The summed E-state index contributed by atoms with van der Waals surface area (Å²) in [4.78, 5) is 14.5. The molecule has 0 saturated carbocycles. The Kier molecular flexibility index (Phi) is 3.35. The van der Waals surface area contributed by atoms with Crippen LogP contribution in [0.1, 0.15) is 27.9 Å². The minimum atomic E-state index is -0.987. The smallest absolute Gasteiger partial charge is 0.254 e. The standard InChI is InChI=1S/C18H18N4O2/c1-12-4-2-3-5-14(12)18(24)8-9-22(11-18)17(23)13-6-7-15-16(10-13)20-21-19-15/h2-7,10,24H,8-9,11H2,1H3,(H,19,20,21)/t18-/m0/s1. The number of amides is 1. The predicted octanol–water partition coefficient (Wildman–Crippen LogP) is 2.00. The molecule has 2 aromatic carbocycles. The molecule has 2 heterocycles. The Hall–Kier alpha value is -2.73. The van der Waals surface area contributed by atoms with Crippen molar-refractivity contribution in [3.63, 3.8) is 0 Å². The monoisotopic (exact) mass is 322 g/mol. The van der Waals surface area contributed by atoms with E-state index in [0.29, 0.717) is 30.6 Å². The molecule has 1 fully saturated rings. The van der Waals surface area contributed by atoms with E-state index in [1.165, 1.54) is 0 Å². The third-order valence-electron chi connectivity index (χ3n) is 4.74. The molecule has 4 rings (SSSR count). The first kappa shape index (κ1) is 14.8. The summed E-state index contributed by atoms with van der Waals surface area (Å²) in [6.45, 7) is 2.81. The molecule has 2 N–H and O–H groups in total. The fourth-order valence-corrected chi connectivity index (χ4v) is 3.44. The molecule has 0 spiro atoms. The van der Waals surface area contributed by atoms with Gasteiger partial charge in [0.15, 0.2) is 0 Å². The van der Waals surface area contributed by atoms with Crippen LogP contribution in [0.2, 0.25) is 0 Å². The summed E-state index contributed by atoms with van der Waals surface area (Å²) in [5.41, 5.74) is 2.90. The minimum absolute atomic E-state index is 0.0931. The maximum absolute atomic E-state index is 12.8. The third-order valence-corrected chi connectivity index (χ3v) is 4.74. The van der Waals surface area contributed by atoms with Gasteiger partial charge in [0.25, 0.3) is 5.91 Å². The van der Waals surface area contributed by atoms with Crippen molar-refractivity contribution in [2.45, 2.75) is 18.9 Å². The van der Waals surface area contributed by atoms with Crippen LogP contribution >= 0.6 is 0 Å². The van der Waals surface area contributed by atoms with E-state index < -0.39 is 5.60 Å². The van der Waals surface area contributed by atoms with Crippen molar-refractivity contribution in [1.82, 2.24) is 20.3 Å². The van der Waals surface area contributed by atoms with Crippen LogP contribution in [-0.2, 0) is 5.60 Å². The van der Waals surface area contributed by atoms with Gasteiger partial charge in [-0.05, 0) is 42.7 Å². The molecule has 3 aromatic rings. The topological polar surface area (TPSA) is 82.1 Å². The number of aliphatic hydroxyl groups is 1. The molecule has 24 heavy (non-hydrogen) atoms. The van der Waals surface area contributed by atoms with Crippen LogP contribution in [0.5, 0.6) is 0 Å².